The van der Waals surface area contributed by atoms with E-state index in [4.69, 9.17) is 0 Å². The zero-order valence-electron chi connectivity index (χ0n) is 17.5. The van der Waals surface area contributed by atoms with Gasteiger partial charge in [-0.2, -0.15) is 0 Å². The van der Waals surface area contributed by atoms with E-state index in [9.17, 15) is 9.59 Å². The maximum Gasteiger partial charge on any atom is 0.225 e. The number of carbonyl (C=O) groups excluding carboxylic acids is 2. The lowest BCUT2D eigenvalue weighted by Crippen LogP contribution is -2.46. The first-order valence-electron chi connectivity index (χ1n) is 11.1. The van der Waals surface area contributed by atoms with Gasteiger partial charge in [-0.05, 0) is 54.6 Å². The summed E-state index contributed by atoms with van der Waals surface area (Å²) in [6, 6.07) is 8.73. The third-order valence-electron chi connectivity index (χ3n) is 7.52. The zero-order valence-corrected chi connectivity index (χ0v) is 17.5. The number of hydrogen-bond acceptors (Lipinski definition) is 2. The maximum absolute atomic E-state index is 13.0. The van der Waals surface area contributed by atoms with Gasteiger partial charge in [0.25, 0.3) is 0 Å². The van der Waals surface area contributed by atoms with Gasteiger partial charge in [-0.25, -0.2) is 0 Å². The number of likely N-dealkylation sites (tertiary alicyclic amines) is 1. The normalized spacial score (nSPS) is 24.2. The molecule has 28 heavy (non-hydrogen) atoms. The fourth-order valence-electron chi connectivity index (χ4n) is 5.84. The predicted molar refractivity (Wildman–Crippen MR) is 111 cm³/mol. The highest BCUT2D eigenvalue weighted by Crippen LogP contribution is 2.52. The van der Waals surface area contributed by atoms with Crippen LogP contribution in [0.1, 0.15) is 74.8 Å². The van der Waals surface area contributed by atoms with Crippen LogP contribution in [0.2, 0.25) is 0 Å². The Kier molecular flexibility index (Phi) is 5.48. The van der Waals surface area contributed by atoms with Crippen molar-refractivity contribution in [2.75, 3.05) is 27.2 Å². The lowest BCUT2D eigenvalue weighted by atomic mass is 9.73. The number of nitrogens with zero attached hydrogens (tertiary/aromatic N) is 2. The summed E-state index contributed by atoms with van der Waals surface area (Å²) in [6.07, 6.45) is 9.59. The summed E-state index contributed by atoms with van der Waals surface area (Å²) in [4.78, 5) is 29.2. The summed E-state index contributed by atoms with van der Waals surface area (Å²) >= 11 is 0. The molecule has 1 saturated carbocycles. The van der Waals surface area contributed by atoms with Crippen LogP contribution in [0.25, 0.3) is 0 Å². The summed E-state index contributed by atoms with van der Waals surface area (Å²) in [5.41, 5.74) is 2.96. The summed E-state index contributed by atoms with van der Waals surface area (Å²) in [7, 11) is 3.68. The molecular weight excluding hydrogens is 348 g/mol. The van der Waals surface area contributed by atoms with E-state index in [1.807, 2.05) is 14.1 Å². The van der Waals surface area contributed by atoms with Crippen molar-refractivity contribution in [3.05, 3.63) is 35.4 Å². The Hall–Kier alpha value is -1.84. The predicted octanol–water partition coefficient (Wildman–Crippen LogP) is 4.09. The Balaban J connectivity index is 1.47. The summed E-state index contributed by atoms with van der Waals surface area (Å²) in [6.45, 7) is 1.75. The van der Waals surface area contributed by atoms with Crippen molar-refractivity contribution >= 4 is 11.8 Å². The Labute approximate surface area is 169 Å². The van der Waals surface area contributed by atoms with E-state index < -0.39 is 0 Å². The van der Waals surface area contributed by atoms with Crippen molar-refractivity contribution < 1.29 is 9.59 Å². The molecule has 1 saturated heterocycles. The van der Waals surface area contributed by atoms with E-state index in [-0.39, 0.29) is 17.2 Å². The van der Waals surface area contributed by atoms with Crippen LogP contribution in [-0.2, 0) is 15.0 Å². The second-order valence-corrected chi connectivity index (χ2v) is 9.42. The fourth-order valence-corrected chi connectivity index (χ4v) is 5.84. The van der Waals surface area contributed by atoms with Gasteiger partial charge in [0.15, 0.2) is 0 Å². The molecule has 0 bridgehead atoms. The monoisotopic (exact) mass is 382 g/mol. The minimum Gasteiger partial charge on any atom is -0.349 e. The number of carbonyl (C=O) groups is 2. The van der Waals surface area contributed by atoms with Crippen LogP contribution in [0.4, 0.5) is 0 Å². The van der Waals surface area contributed by atoms with Crippen LogP contribution in [0.5, 0.6) is 0 Å². The maximum atomic E-state index is 13.0. The standard InChI is InChI=1S/C24H34N2O2/c1-25(2)22(27)16-19-17-24(21-11-7-6-10-20(19)21)12-14-26(15-13-24)23(28)18-8-4-3-5-9-18/h6-7,10-11,18-19H,3-5,8-9,12-17H2,1-2H3. The van der Waals surface area contributed by atoms with Crippen LogP contribution < -0.4 is 0 Å². The average molecular weight is 383 g/mol. The third-order valence-corrected chi connectivity index (χ3v) is 7.52. The number of amides is 2. The van der Waals surface area contributed by atoms with Crippen molar-refractivity contribution in [1.29, 1.82) is 0 Å². The quantitative estimate of drug-likeness (QED) is 0.790. The van der Waals surface area contributed by atoms with Crippen LogP contribution in [0, 0.1) is 5.92 Å². The van der Waals surface area contributed by atoms with E-state index >= 15 is 0 Å². The molecule has 1 atom stereocenters. The van der Waals surface area contributed by atoms with Gasteiger partial charge in [0.1, 0.15) is 0 Å². The van der Waals surface area contributed by atoms with Gasteiger partial charge in [0, 0.05) is 39.5 Å². The molecule has 1 aromatic carbocycles. The first-order chi connectivity index (χ1) is 13.5. The van der Waals surface area contributed by atoms with Crippen molar-refractivity contribution in [3.63, 3.8) is 0 Å². The first-order valence-corrected chi connectivity index (χ1v) is 11.1. The summed E-state index contributed by atoms with van der Waals surface area (Å²) in [5, 5.41) is 0. The van der Waals surface area contributed by atoms with Gasteiger partial charge in [0.2, 0.25) is 11.8 Å². The van der Waals surface area contributed by atoms with E-state index in [1.165, 1.54) is 30.4 Å². The van der Waals surface area contributed by atoms with Crippen molar-refractivity contribution in [1.82, 2.24) is 9.80 Å². The highest BCUT2D eigenvalue weighted by atomic mass is 16.2. The van der Waals surface area contributed by atoms with Gasteiger partial charge in [-0.15, -0.1) is 0 Å². The minimum absolute atomic E-state index is 0.150. The highest BCUT2D eigenvalue weighted by Gasteiger charge is 2.46. The van der Waals surface area contributed by atoms with E-state index in [0.717, 1.165) is 45.2 Å². The first kappa shape index (κ1) is 19.5. The molecule has 152 valence electrons. The molecule has 1 aliphatic heterocycles. The molecule has 2 amide bonds. The molecule has 0 N–H and O–H groups in total. The Morgan fingerprint density at radius 1 is 1.07 bits per heavy atom. The smallest absolute Gasteiger partial charge is 0.225 e. The SMILES string of the molecule is CN(C)C(=O)CC1CC2(CCN(C(=O)C3CCCCC3)CC2)c2ccccc21. The van der Waals surface area contributed by atoms with Crippen molar-refractivity contribution in [2.45, 2.75) is 69.1 Å². The lowest BCUT2D eigenvalue weighted by molar-refractivity contribution is -0.138. The van der Waals surface area contributed by atoms with Gasteiger partial charge in [-0.3, -0.25) is 9.59 Å². The Morgan fingerprint density at radius 2 is 1.75 bits per heavy atom. The largest absolute Gasteiger partial charge is 0.349 e. The Morgan fingerprint density at radius 3 is 2.43 bits per heavy atom. The van der Waals surface area contributed by atoms with Crippen molar-refractivity contribution in [2.24, 2.45) is 5.92 Å². The highest BCUT2D eigenvalue weighted by molar-refractivity contribution is 5.79. The molecule has 3 aliphatic rings. The van der Waals surface area contributed by atoms with Crippen LogP contribution >= 0.6 is 0 Å². The van der Waals surface area contributed by atoms with Crippen LogP contribution in [0.15, 0.2) is 24.3 Å². The number of fused-ring (bicyclic) bond motifs is 2. The molecule has 2 fully saturated rings. The van der Waals surface area contributed by atoms with Crippen LogP contribution in [-0.4, -0.2) is 48.8 Å². The van der Waals surface area contributed by atoms with E-state index in [2.05, 4.69) is 29.2 Å². The van der Waals surface area contributed by atoms with Crippen LogP contribution in [0.3, 0.4) is 0 Å². The fraction of sp³-hybridized carbons (Fsp3) is 0.667. The number of hydrogen-bond donors (Lipinski definition) is 0. The molecule has 2 aliphatic carbocycles. The zero-order chi connectivity index (χ0) is 19.7. The van der Waals surface area contributed by atoms with Crippen molar-refractivity contribution in [3.8, 4) is 0 Å². The van der Waals surface area contributed by atoms with Gasteiger partial charge in [-0.1, -0.05) is 43.5 Å². The van der Waals surface area contributed by atoms with Gasteiger partial charge >= 0.3 is 0 Å². The number of piperidine rings is 1. The molecule has 4 nitrogen and oxygen atoms in total. The molecule has 1 heterocycles. The molecule has 4 rings (SSSR count). The molecule has 0 radical (unpaired) electrons. The number of benzene rings is 1. The molecule has 1 unspecified atom stereocenters. The summed E-state index contributed by atoms with van der Waals surface area (Å²) in [5.74, 6) is 1.19. The molecular formula is C24H34N2O2. The van der Waals surface area contributed by atoms with E-state index in [1.54, 1.807) is 4.90 Å². The third kappa shape index (κ3) is 3.58. The topological polar surface area (TPSA) is 40.6 Å². The molecule has 4 heteroatoms. The minimum atomic E-state index is 0.150. The summed E-state index contributed by atoms with van der Waals surface area (Å²) < 4.78 is 0. The second kappa shape index (κ2) is 7.88. The van der Waals surface area contributed by atoms with Gasteiger partial charge in [0.05, 0.1) is 0 Å². The lowest BCUT2D eigenvalue weighted by Gasteiger charge is -2.42. The average Bonchev–Trinajstić information content (AvgIpc) is 3.02. The molecule has 1 spiro atoms. The molecule has 0 aromatic heterocycles. The van der Waals surface area contributed by atoms with Gasteiger partial charge < -0.3 is 9.80 Å². The Bertz CT molecular complexity index is 728. The second-order valence-electron chi connectivity index (χ2n) is 9.42. The van der Waals surface area contributed by atoms with E-state index in [0.29, 0.717) is 18.2 Å². The number of rotatable bonds is 3. The molecule has 1 aromatic rings.